The minimum absolute atomic E-state index is 0.0440. The third-order valence-corrected chi connectivity index (χ3v) is 12.7. The van der Waals surface area contributed by atoms with Crippen molar-refractivity contribution in [1.29, 1.82) is 0 Å². The van der Waals surface area contributed by atoms with Crippen molar-refractivity contribution in [2.45, 2.75) is 133 Å². The predicted octanol–water partition coefficient (Wildman–Crippen LogP) is 0.477. The van der Waals surface area contributed by atoms with Gasteiger partial charge < -0.3 is 55.1 Å². The number of fused-ring (bicyclic) bond motifs is 5. The minimum atomic E-state index is -1.83. The van der Waals surface area contributed by atoms with Crippen molar-refractivity contribution in [3.8, 4) is 0 Å². The smallest absolute Gasteiger partial charge is 0.187 e. The van der Waals surface area contributed by atoms with Gasteiger partial charge in [-0.1, -0.05) is 46.6 Å². The Hall–Kier alpha value is -0.700. The van der Waals surface area contributed by atoms with Gasteiger partial charge in [0.05, 0.1) is 24.9 Å². The Labute approximate surface area is 260 Å². The van der Waals surface area contributed by atoms with Crippen LogP contribution in [-0.4, -0.2) is 122 Å². The van der Waals surface area contributed by atoms with Gasteiger partial charge in [-0.05, 0) is 72.2 Å². The fourth-order valence-corrected chi connectivity index (χ4v) is 10.4. The first-order valence-electron chi connectivity index (χ1n) is 16.6. The molecule has 0 aromatic carbocycles. The molecule has 11 heteroatoms. The maximum Gasteiger partial charge on any atom is 0.187 e. The van der Waals surface area contributed by atoms with E-state index in [1.807, 2.05) is 20.8 Å². The van der Waals surface area contributed by atoms with Crippen LogP contribution in [0.5, 0.6) is 0 Å². The molecule has 0 amide bonds. The molecular formula is C33H56O11. The van der Waals surface area contributed by atoms with Gasteiger partial charge in [0.15, 0.2) is 6.29 Å². The van der Waals surface area contributed by atoms with Crippen LogP contribution in [0.25, 0.3) is 0 Å². The molecule has 254 valence electrons. The Morgan fingerprint density at radius 3 is 2.34 bits per heavy atom. The Bertz CT molecular complexity index is 1040. The lowest BCUT2D eigenvalue weighted by molar-refractivity contribution is -0.289. The van der Waals surface area contributed by atoms with Crippen molar-refractivity contribution in [3.05, 3.63) is 11.6 Å². The van der Waals surface area contributed by atoms with Crippen molar-refractivity contribution >= 4 is 0 Å². The van der Waals surface area contributed by atoms with Crippen LogP contribution in [0.1, 0.15) is 72.6 Å². The highest BCUT2D eigenvalue weighted by Crippen LogP contribution is 2.69. The number of aliphatic hydroxyl groups is 8. The van der Waals surface area contributed by atoms with Crippen LogP contribution in [0.4, 0.5) is 0 Å². The first-order chi connectivity index (χ1) is 20.7. The van der Waals surface area contributed by atoms with Crippen molar-refractivity contribution in [3.63, 3.8) is 0 Å². The van der Waals surface area contributed by atoms with E-state index in [0.717, 1.165) is 19.3 Å². The summed E-state index contributed by atoms with van der Waals surface area (Å²) in [6.45, 7) is 8.11. The van der Waals surface area contributed by atoms with Crippen molar-refractivity contribution in [2.75, 3.05) is 20.3 Å². The molecule has 5 aliphatic rings. The predicted molar refractivity (Wildman–Crippen MR) is 159 cm³/mol. The van der Waals surface area contributed by atoms with Crippen LogP contribution in [0.15, 0.2) is 11.6 Å². The van der Waals surface area contributed by atoms with Crippen molar-refractivity contribution < 1.29 is 55.1 Å². The van der Waals surface area contributed by atoms with E-state index >= 15 is 0 Å². The van der Waals surface area contributed by atoms with Gasteiger partial charge in [-0.15, -0.1) is 0 Å². The highest BCUT2D eigenvalue weighted by molar-refractivity contribution is 5.35. The van der Waals surface area contributed by atoms with E-state index in [4.69, 9.17) is 14.2 Å². The molecule has 0 spiro atoms. The second-order valence-electron chi connectivity index (χ2n) is 15.3. The van der Waals surface area contributed by atoms with Gasteiger partial charge in [-0.25, -0.2) is 0 Å². The molecule has 17 atom stereocenters. The van der Waals surface area contributed by atoms with Gasteiger partial charge in [-0.2, -0.15) is 0 Å². The number of rotatable bonds is 9. The standard InChI is InChI=1S/C33H56O11/c1-16(14-34)7-6-8-17(2)22-25(38)26(39)28-32(22,4)12-10-21-31(3)11-9-18(13-19(31)23(36)29(40)33(21,28)41)44-30-27(42-5)24(37)20(35)15-43-30/h13,16-18,20-30,34-41H,6-12,14-15H2,1-5H3/t16-,17+,18-,20+,21+,22-,23-,24-,25+,26-,27+,28+,29+,30-,31-,32+,33-/m0/s1. The van der Waals surface area contributed by atoms with Crippen LogP contribution in [0, 0.1) is 40.4 Å². The first kappa shape index (κ1) is 34.6. The molecule has 0 bridgehead atoms. The van der Waals surface area contributed by atoms with Gasteiger partial charge in [0.25, 0.3) is 0 Å². The SMILES string of the molecule is CO[C@H]1[C@H](O[C@@H]2C=C3[C@H](O)[C@@H](O)[C@@]4(O)[C@@H]5[C@@H](O)[C@H](O)[C@H]([C@H](C)CCC[C@H](C)CO)[C@@]5(C)CC[C@@H]4[C@@]3(C)CC2)OC[C@@H](O)[C@@H]1O. The monoisotopic (exact) mass is 628 g/mol. The summed E-state index contributed by atoms with van der Waals surface area (Å²) in [5.74, 6) is -1.37. The summed E-state index contributed by atoms with van der Waals surface area (Å²) < 4.78 is 17.1. The maximum absolute atomic E-state index is 12.6. The Morgan fingerprint density at radius 1 is 0.977 bits per heavy atom. The summed E-state index contributed by atoms with van der Waals surface area (Å²) in [5, 5.41) is 88.8. The van der Waals surface area contributed by atoms with E-state index in [-0.39, 0.29) is 31.0 Å². The second kappa shape index (κ2) is 12.7. The highest BCUT2D eigenvalue weighted by atomic mass is 16.7. The van der Waals surface area contributed by atoms with Gasteiger partial charge in [-0.3, -0.25) is 0 Å². The zero-order chi connectivity index (χ0) is 32.4. The van der Waals surface area contributed by atoms with Crippen molar-refractivity contribution in [2.24, 2.45) is 40.4 Å². The topological polar surface area (TPSA) is 190 Å². The summed E-state index contributed by atoms with van der Waals surface area (Å²) >= 11 is 0. The van der Waals surface area contributed by atoms with Crippen LogP contribution in [0.3, 0.4) is 0 Å². The van der Waals surface area contributed by atoms with Crippen molar-refractivity contribution in [1.82, 2.24) is 0 Å². The summed E-state index contributed by atoms with van der Waals surface area (Å²) in [6, 6.07) is 0. The summed E-state index contributed by atoms with van der Waals surface area (Å²) in [6.07, 6.45) is -3.41. The van der Waals surface area contributed by atoms with Crippen LogP contribution >= 0.6 is 0 Å². The normalized spacial score (nSPS) is 52.0. The van der Waals surface area contributed by atoms with E-state index in [1.165, 1.54) is 7.11 Å². The Kier molecular flexibility index (Phi) is 10.0. The molecule has 5 rings (SSSR count). The Morgan fingerprint density at radius 2 is 1.68 bits per heavy atom. The second-order valence-corrected chi connectivity index (χ2v) is 15.3. The molecule has 0 aromatic rings. The van der Waals surface area contributed by atoms with E-state index < -0.39 is 83.4 Å². The summed E-state index contributed by atoms with van der Waals surface area (Å²) in [7, 11) is 1.40. The quantitative estimate of drug-likeness (QED) is 0.166. The molecule has 0 aromatic heterocycles. The highest BCUT2D eigenvalue weighted by Gasteiger charge is 2.74. The molecule has 3 saturated carbocycles. The van der Waals surface area contributed by atoms with Crippen LogP contribution in [-0.2, 0) is 14.2 Å². The summed E-state index contributed by atoms with van der Waals surface area (Å²) in [4.78, 5) is 0. The van der Waals surface area contributed by atoms with E-state index in [0.29, 0.717) is 31.3 Å². The molecular weight excluding hydrogens is 572 g/mol. The lowest BCUT2D eigenvalue weighted by atomic mass is 9.43. The van der Waals surface area contributed by atoms with Gasteiger partial charge in [0.2, 0.25) is 0 Å². The molecule has 1 aliphatic heterocycles. The van der Waals surface area contributed by atoms with E-state index in [9.17, 15) is 40.9 Å². The number of hydrogen-bond donors (Lipinski definition) is 8. The molecule has 1 saturated heterocycles. The van der Waals surface area contributed by atoms with E-state index in [1.54, 1.807) is 6.08 Å². The zero-order valence-corrected chi connectivity index (χ0v) is 26.8. The molecule has 44 heavy (non-hydrogen) atoms. The maximum atomic E-state index is 12.6. The summed E-state index contributed by atoms with van der Waals surface area (Å²) in [5.41, 5.74) is -2.63. The molecule has 11 nitrogen and oxygen atoms in total. The molecule has 8 N–H and O–H groups in total. The Balaban J connectivity index is 1.40. The lowest BCUT2D eigenvalue weighted by Crippen LogP contribution is -2.73. The van der Waals surface area contributed by atoms with Crippen LogP contribution in [0.2, 0.25) is 0 Å². The van der Waals surface area contributed by atoms with E-state index in [2.05, 4.69) is 6.92 Å². The average molecular weight is 629 g/mol. The van der Waals surface area contributed by atoms with Gasteiger partial charge in [0, 0.05) is 19.6 Å². The fourth-order valence-electron chi connectivity index (χ4n) is 10.4. The number of ether oxygens (including phenoxy) is 3. The zero-order valence-electron chi connectivity index (χ0n) is 26.8. The lowest BCUT2D eigenvalue weighted by Gasteiger charge is -2.65. The number of hydrogen-bond acceptors (Lipinski definition) is 11. The first-order valence-corrected chi connectivity index (χ1v) is 16.6. The molecule has 0 unspecified atom stereocenters. The number of methoxy groups -OCH3 is 1. The largest absolute Gasteiger partial charge is 0.396 e. The third kappa shape index (κ3) is 5.32. The number of aliphatic hydroxyl groups excluding tert-OH is 7. The fraction of sp³-hybridized carbons (Fsp3) is 0.939. The van der Waals surface area contributed by atoms with Gasteiger partial charge in [0.1, 0.15) is 36.1 Å². The molecule has 1 heterocycles. The van der Waals surface area contributed by atoms with Gasteiger partial charge >= 0.3 is 0 Å². The minimum Gasteiger partial charge on any atom is -0.396 e. The molecule has 4 fully saturated rings. The third-order valence-electron chi connectivity index (χ3n) is 12.7. The average Bonchev–Trinajstić information content (AvgIpc) is 3.19. The van der Waals surface area contributed by atoms with Crippen LogP contribution < -0.4 is 0 Å². The molecule has 0 radical (unpaired) electrons. The molecule has 4 aliphatic carbocycles.